The predicted molar refractivity (Wildman–Crippen MR) is 147 cm³/mol. The molecule has 0 aliphatic carbocycles. The maximum atomic E-state index is 13.3. The minimum Gasteiger partial charge on any atom is -0.341 e. The highest BCUT2D eigenvalue weighted by atomic mass is 19.1. The van der Waals surface area contributed by atoms with Crippen molar-refractivity contribution in [3.05, 3.63) is 77.0 Å². The Labute approximate surface area is 228 Å². The lowest BCUT2D eigenvalue weighted by Gasteiger charge is -2.49. The summed E-state index contributed by atoms with van der Waals surface area (Å²) >= 11 is 0. The first-order valence-electron chi connectivity index (χ1n) is 13.9. The van der Waals surface area contributed by atoms with Gasteiger partial charge >= 0.3 is 0 Å². The SMILES string of the molecule is Cc1cc(Cc2cc(C)[nH]n2)nc(N2CCC3(CCCN(C(C)c4ccc(-n5cc(F)cn5)nc4)C3)CC2)n1. The molecule has 2 aliphatic rings. The van der Waals surface area contributed by atoms with Crippen molar-refractivity contribution < 1.29 is 4.39 Å². The van der Waals surface area contributed by atoms with Gasteiger partial charge in [0, 0.05) is 49.7 Å². The van der Waals surface area contributed by atoms with Gasteiger partial charge in [0.2, 0.25) is 5.95 Å². The van der Waals surface area contributed by atoms with Crippen molar-refractivity contribution in [3.63, 3.8) is 0 Å². The highest BCUT2D eigenvalue weighted by Gasteiger charge is 2.40. The summed E-state index contributed by atoms with van der Waals surface area (Å²) in [4.78, 5) is 19.2. The first-order chi connectivity index (χ1) is 18.9. The number of likely N-dealkylation sites (tertiary alicyclic amines) is 1. The van der Waals surface area contributed by atoms with Gasteiger partial charge in [0.25, 0.3) is 0 Å². The van der Waals surface area contributed by atoms with E-state index >= 15 is 0 Å². The lowest BCUT2D eigenvalue weighted by molar-refractivity contribution is 0.0414. The molecule has 2 saturated heterocycles. The Kier molecular flexibility index (Phi) is 6.88. The van der Waals surface area contributed by atoms with E-state index < -0.39 is 0 Å². The summed E-state index contributed by atoms with van der Waals surface area (Å²) in [6, 6.07) is 8.41. The van der Waals surface area contributed by atoms with Crippen LogP contribution < -0.4 is 4.90 Å². The Morgan fingerprint density at radius 1 is 1.03 bits per heavy atom. The standard InChI is InChI=1S/C29H36FN9/c1-20-13-25(15-26-14-21(2)35-36-26)34-28(33-20)37-11-8-29(9-12-37)7-4-10-38(19-29)22(3)23-5-6-27(31-16-23)39-18-24(30)17-32-39/h5-6,13-14,16-18,22H,4,7-12,15,19H2,1-3H3,(H,35,36). The zero-order valence-corrected chi connectivity index (χ0v) is 22.9. The van der Waals surface area contributed by atoms with Crippen molar-refractivity contribution in [1.82, 2.24) is 39.8 Å². The van der Waals surface area contributed by atoms with Crippen LogP contribution in [0.2, 0.25) is 0 Å². The average molecular weight is 530 g/mol. The van der Waals surface area contributed by atoms with Gasteiger partial charge in [-0.1, -0.05) is 6.07 Å². The maximum absolute atomic E-state index is 13.3. The molecular weight excluding hydrogens is 493 g/mol. The molecule has 1 spiro atoms. The molecule has 6 rings (SSSR count). The third-order valence-electron chi connectivity index (χ3n) is 8.40. The molecule has 2 aliphatic heterocycles. The van der Waals surface area contributed by atoms with Gasteiger partial charge in [0.05, 0.1) is 23.8 Å². The number of aromatic amines is 1. The summed E-state index contributed by atoms with van der Waals surface area (Å²) in [5.74, 6) is 1.10. The van der Waals surface area contributed by atoms with Crippen LogP contribution in [0.5, 0.6) is 0 Å². The fourth-order valence-electron chi connectivity index (χ4n) is 6.18. The van der Waals surface area contributed by atoms with Crippen LogP contribution in [0.1, 0.15) is 67.0 Å². The highest BCUT2D eigenvalue weighted by molar-refractivity contribution is 5.34. The molecule has 39 heavy (non-hydrogen) atoms. The second-order valence-corrected chi connectivity index (χ2v) is 11.3. The van der Waals surface area contributed by atoms with Gasteiger partial charge in [-0.2, -0.15) is 10.2 Å². The number of aryl methyl sites for hydroxylation is 2. The number of anilines is 1. The highest BCUT2D eigenvalue weighted by Crippen LogP contribution is 2.42. The molecule has 10 heteroatoms. The molecule has 1 unspecified atom stereocenters. The number of hydrogen-bond donors (Lipinski definition) is 1. The Balaban J connectivity index is 1.10. The second kappa shape index (κ2) is 10.5. The first-order valence-corrected chi connectivity index (χ1v) is 13.9. The van der Waals surface area contributed by atoms with Gasteiger partial charge in [0.15, 0.2) is 11.6 Å². The minimum absolute atomic E-state index is 0.268. The van der Waals surface area contributed by atoms with Crippen LogP contribution in [0.4, 0.5) is 10.3 Å². The van der Waals surface area contributed by atoms with Crippen molar-refractivity contribution in [2.45, 2.75) is 58.9 Å². The zero-order valence-electron chi connectivity index (χ0n) is 22.9. The zero-order chi connectivity index (χ0) is 27.0. The number of nitrogens with zero attached hydrogens (tertiary/aromatic N) is 8. The molecule has 1 atom stereocenters. The van der Waals surface area contributed by atoms with E-state index in [0.717, 1.165) is 67.7 Å². The summed E-state index contributed by atoms with van der Waals surface area (Å²) in [7, 11) is 0. The second-order valence-electron chi connectivity index (χ2n) is 11.3. The number of halogens is 1. The van der Waals surface area contributed by atoms with E-state index in [9.17, 15) is 4.39 Å². The van der Waals surface area contributed by atoms with Crippen LogP contribution in [0.15, 0.2) is 42.9 Å². The first kappa shape index (κ1) is 25.6. The molecule has 4 aromatic rings. The van der Waals surface area contributed by atoms with Crippen LogP contribution in [0.3, 0.4) is 0 Å². The number of piperidine rings is 2. The van der Waals surface area contributed by atoms with E-state index in [4.69, 9.17) is 9.97 Å². The van der Waals surface area contributed by atoms with Crippen LogP contribution in [-0.4, -0.2) is 66.0 Å². The van der Waals surface area contributed by atoms with Crippen molar-refractivity contribution in [2.75, 3.05) is 31.1 Å². The summed E-state index contributed by atoms with van der Waals surface area (Å²) in [5, 5.41) is 11.4. The van der Waals surface area contributed by atoms with Crippen LogP contribution >= 0.6 is 0 Å². The van der Waals surface area contributed by atoms with E-state index in [0.29, 0.717) is 17.7 Å². The fraction of sp³-hybridized carbons (Fsp3) is 0.483. The van der Waals surface area contributed by atoms with E-state index in [1.807, 2.05) is 26.1 Å². The number of rotatable bonds is 6. The number of hydrogen-bond acceptors (Lipinski definition) is 7. The Morgan fingerprint density at radius 3 is 2.56 bits per heavy atom. The predicted octanol–water partition coefficient (Wildman–Crippen LogP) is 4.57. The Hall–Kier alpha value is -3.66. The molecule has 0 radical (unpaired) electrons. The summed E-state index contributed by atoms with van der Waals surface area (Å²) in [6.45, 7) is 10.5. The number of pyridine rings is 1. The molecule has 0 amide bonds. The quantitative estimate of drug-likeness (QED) is 0.391. The topological polar surface area (TPSA) is 91.7 Å². The van der Waals surface area contributed by atoms with Crippen LogP contribution in [0.25, 0.3) is 5.82 Å². The molecule has 0 aromatic carbocycles. The normalized spacial score (nSPS) is 18.5. The van der Waals surface area contributed by atoms with E-state index in [1.54, 1.807) is 0 Å². The Bertz CT molecular complexity index is 1420. The van der Waals surface area contributed by atoms with Crippen LogP contribution in [0, 0.1) is 25.1 Å². The Morgan fingerprint density at radius 2 is 1.87 bits per heavy atom. The lowest BCUT2D eigenvalue weighted by atomic mass is 9.72. The summed E-state index contributed by atoms with van der Waals surface area (Å²) < 4.78 is 14.8. The van der Waals surface area contributed by atoms with Crippen molar-refractivity contribution in [3.8, 4) is 5.82 Å². The average Bonchev–Trinajstić information content (AvgIpc) is 3.56. The van der Waals surface area contributed by atoms with Crippen molar-refractivity contribution in [2.24, 2.45) is 5.41 Å². The van der Waals surface area contributed by atoms with Crippen molar-refractivity contribution in [1.29, 1.82) is 0 Å². The largest absolute Gasteiger partial charge is 0.341 e. The summed E-state index contributed by atoms with van der Waals surface area (Å²) in [5.41, 5.74) is 5.57. The van der Waals surface area contributed by atoms with Gasteiger partial charge in [-0.3, -0.25) is 10.00 Å². The third kappa shape index (κ3) is 5.56. The van der Waals surface area contributed by atoms with Gasteiger partial charge in [-0.25, -0.2) is 24.0 Å². The smallest absolute Gasteiger partial charge is 0.225 e. The van der Waals surface area contributed by atoms with Gasteiger partial charge < -0.3 is 4.90 Å². The number of aromatic nitrogens is 7. The molecule has 1 N–H and O–H groups in total. The number of H-pyrrole nitrogens is 1. The maximum Gasteiger partial charge on any atom is 0.225 e. The summed E-state index contributed by atoms with van der Waals surface area (Å²) in [6.07, 6.45) is 9.91. The van der Waals surface area contributed by atoms with Crippen molar-refractivity contribution >= 4 is 5.95 Å². The van der Waals surface area contributed by atoms with E-state index in [2.05, 4.69) is 55.2 Å². The molecule has 2 fully saturated rings. The monoisotopic (exact) mass is 529 g/mol. The fourth-order valence-corrected chi connectivity index (χ4v) is 6.18. The molecule has 0 saturated carbocycles. The van der Waals surface area contributed by atoms with E-state index in [-0.39, 0.29) is 11.9 Å². The lowest BCUT2D eigenvalue weighted by Crippen LogP contribution is -2.50. The van der Waals surface area contributed by atoms with Crippen LogP contribution in [-0.2, 0) is 6.42 Å². The third-order valence-corrected chi connectivity index (χ3v) is 8.40. The number of nitrogens with one attached hydrogen (secondary N) is 1. The molecule has 0 bridgehead atoms. The van der Waals surface area contributed by atoms with E-state index in [1.165, 1.54) is 35.5 Å². The van der Waals surface area contributed by atoms with Gasteiger partial charge in [-0.15, -0.1) is 0 Å². The molecule has 6 heterocycles. The molecule has 4 aromatic heterocycles. The molecule has 204 valence electrons. The minimum atomic E-state index is -0.364. The molecule has 9 nitrogen and oxygen atoms in total. The molecular formula is C29H36FN9. The van der Waals surface area contributed by atoms with Gasteiger partial charge in [0.1, 0.15) is 0 Å². The van der Waals surface area contributed by atoms with Gasteiger partial charge in [-0.05, 0) is 82.2 Å².